The van der Waals surface area contributed by atoms with Gasteiger partial charge in [-0.25, -0.2) is 4.90 Å². The highest BCUT2D eigenvalue weighted by atomic mass is 16.7. The molecule has 0 fully saturated rings. The molecule has 0 aliphatic carbocycles. The Balaban J connectivity index is 1.93. The molecular formula is C13H16N4O5. The normalized spacial score (nSPS) is 14.3. The van der Waals surface area contributed by atoms with Crippen LogP contribution in [0.25, 0.3) is 0 Å². The number of imide groups is 1. The number of amides is 2. The Labute approximate surface area is 126 Å². The number of aliphatic hydroxyl groups excluding tert-OH is 1. The molecule has 0 aromatic heterocycles. The molecule has 2 amide bonds. The Hall–Kier alpha value is -2.68. The molecule has 0 unspecified atom stereocenters. The summed E-state index contributed by atoms with van der Waals surface area (Å²) in [5.41, 5.74) is 0.602. The first-order valence-electron chi connectivity index (χ1n) is 6.63. The monoisotopic (exact) mass is 308 g/mol. The molecule has 0 saturated carbocycles. The number of carbonyl (C=O) groups excluding carboxylic acids is 2. The maximum Gasteiger partial charge on any atom is 0.264 e. The molecule has 1 aliphatic heterocycles. The van der Waals surface area contributed by atoms with Crippen molar-refractivity contribution in [1.82, 2.24) is 9.91 Å². The van der Waals surface area contributed by atoms with Crippen LogP contribution in [0.2, 0.25) is 0 Å². The van der Waals surface area contributed by atoms with Crippen molar-refractivity contribution in [3.8, 4) is 0 Å². The molecular weight excluding hydrogens is 292 g/mol. The van der Waals surface area contributed by atoms with E-state index in [-0.39, 0.29) is 11.6 Å². The number of fused-ring (bicyclic) bond motifs is 1. The SMILES string of the molecule is CN(CCCO)[N+]([O-])=NOCN1C(=O)c2ccccc2C1=O. The van der Waals surface area contributed by atoms with Crippen molar-refractivity contribution < 1.29 is 24.5 Å². The summed E-state index contributed by atoms with van der Waals surface area (Å²) < 4.78 is 0. The van der Waals surface area contributed by atoms with Gasteiger partial charge in [0.15, 0.2) is 0 Å². The zero-order chi connectivity index (χ0) is 16.1. The van der Waals surface area contributed by atoms with Crippen LogP contribution < -0.4 is 0 Å². The van der Waals surface area contributed by atoms with E-state index in [9.17, 15) is 14.8 Å². The quantitative estimate of drug-likeness (QED) is 0.337. The summed E-state index contributed by atoms with van der Waals surface area (Å²) in [6, 6.07) is 6.42. The van der Waals surface area contributed by atoms with Gasteiger partial charge >= 0.3 is 0 Å². The Morgan fingerprint density at radius 3 is 2.45 bits per heavy atom. The van der Waals surface area contributed by atoms with Crippen LogP contribution in [0.1, 0.15) is 27.1 Å². The molecule has 1 aromatic carbocycles. The molecule has 1 aliphatic rings. The summed E-state index contributed by atoms with van der Waals surface area (Å²) in [5, 5.41) is 24.6. The van der Waals surface area contributed by atoms with Gasteiger partial charge in [0.05, 0.1) is 29.7 Å². The summed E-state index contributed by atoms with van der Waals surface area (Å²) in [6.07, 6.45) is 0.406. The van der Waals surface area contributed by atoms with Crippen molar-refractivity contribution in [2.24, 2.45) is 5.28 Å². The van der Waals surface area contributed by atoms with Crippen LogP contribution in [0.3, 0.4) is 0 Å². The second-order valence-corrected chi connectivity index (χ2v) is 4.63. The minimum Gasteiger partial charge on any atom is -0.569 e. The largest absolute Gasteiger partial charge is 0.569 e. The van der Waals surface area contributed by atoms with Crippen molar-refractivity contribution >= 4 is 11.8 Å². The topological polar surface area (TPSA) is 109 Å². The summed E-state index contributed by atoms with van der Waals surface area (Å²) in [6.45, 7) is -0.202. The van der Waals surface area contributed by atoms with E-state index in [1.54, 1.807) is 24.3 Å². The number of hydrogen-bond acceptors (Lipinski definition) is 6. The predicted molar refractivity (Wildman–Crippen MR) is 73.3 cm³/mol. The van der Waals surface area contributed by atoms with Crippen molar-refractivity contribution in [2.45, 2.75) is 6.42 Å². The third kappa shape index (κ3) is 3.14. The molecule has 2 rings (SSSR count). The standard InChI is InChI=1S/C13H16N4O5/c1-15(7-4-8-18)17(21)14-22-9-16-12(19)10-5-2-3-6-11(10)13(16)20/h2-3,5-6,18H,4,7-9H2,1H3. The lowest BCUT2D eigenvalue weighted by Crippen LogP contribution is -2.32. The smallest absolute Gasteiger partial charge is 0.264 e. The number of aliphatic hydroxyl groups is 1. The van der Waals surface area contributed by atoms with E-state index in [1.165, 1.54) is 12.1 Å². The molecule has 0 atom stereocenters. The second-order valence-electron chi connectivity index (χ2n) is 4.63. The summed E-state index contributed by atoms with van der Waals surface area (Å²) in [4.78, 5) is 29.9. The van der Waals surface area contributed by atoms with E-state index in [4.69, 9.17) is 9.94 Å². The zero-order valence-corrected chi connectivity index (χ0v) is 12.0. The summed E-state index contributed by atoms with van der Waals surface area (Å²) >= 11 is 0. The highest BCUT2D eigenvalue weighted by Crippen LogP contribution is 2.21. The Morgan fingerprint density at radius 1 is 1.32 bits per heavy atom. The highest BCUT2D eigenvalue weighted by molar-refractivity contribution is 6.21. The van der Waals surface area contributed by atoms with Gasteiger partial charge in [0.25, 0.3) is 11.8 Å². The van der Waals surface area contributed by atoms with Gasteiger partial charge in [-0.05, 0) is 18.6 Å². The van der Waals surface area contributed by atoms with E-state index >= 15 is 0 Å². The maximum atomic E-state index is 12.0. The average molecular weight is 308 g/mol. The van der Waals surface area contributed by atoms with Crippen molar-refractivity contribution in [3.05, 3.63) is 40.6 Å². The fourth-order valence-corrected chi connectivity index (χ4v) is 1.94. The fourth-order valence-electron chi connectivity index (χ4n) is 1.94. The van der Waals surface area contributed by atoms with Gasteiger partial charge in [-0.3, -0.25) is 9.59 Å². The van der Waals surface area contributed by atoms with E-state index in [1.807, 2.05) is 0 Å². The van der Waals surface area contributed by atoms with Crippen LogP contribution >= 0.6 is 0 Å². The minimum absolute atomic E-state index is 0.0475. The first-order valence-corrected chi connectivity index (χ1v) is 6.63. The lowest BCUT2D eigenvalue weighted by atomic mass is 10.1. The summed E-state index contributed by atoms with van der Waals surface area (Å²) in [5.74, 6) is -0.969. The predicted octanol–water partition coefficient (Wildman–Crippen LogP) is 0.363. The van der Waals surface area contributed by atoms with Gasteiger partial charge in [-0.1, -0.05) is 12.1 Å². The van der Waals surface area contributed by atoms with Crippen LogP contribution in [0.4, 0.5) is 0 Å². The first-order chi connectivity index (χ1) is 10.6. The van der Waals surface area contributed by atoms with Gasteiger partial charge in [-0.2, -0.15) is 0 Å². The van der Waals surface area contributed by atoms with Gasteiger partial charge in [-0.15, -0.1) is 5.01 Å². The van der Waals surface area contributed by atoms with E-state index in [0.717, 1.165) is 4.90 Å². The molecule has 118 valence electrons. The molecule has 0 radical (unpaired) electrons. The maximum absolute atomic E-state index is 12.0. The van der Waals surface area contributed by atoms with E-state index in [2.05, 4.69) is 5.28 Å². The lowest BCUT2D eigenvalue weighted by Gasteiger charge is -2.13. The van der Waals surface area contributed by atoms with Crippen LogP contribution in [-0.4, -0.2) is 58.7 Å². The molecule has 9 heteroatoms. The van der Waals surface area contributed by atoms with Crippen LogP contribution in [-0.2, 0) is 4.84 Å². The number of nitrogens with zero attached hydrogens (tertiary/aromatic N) is 4. The Morgan fingerprint density at radius 2 is 1.91 bits per heavy atom. The Bertz CT molecular complexity index is 569. The number of hydrazine groups is 1. The number of hydrogen-bond donors (Lipinski definition) is 1. The van der Waals surface area contributed by atoms with Crippen LogP contribution in [0, 0.1) is 5.21 Å². The van der Waals surface area contributed by atoms with Gasteiger partial charge in [0, 0.05) is 6.61 Å². The molecule has 0 bridgehead atoms. The molecule has 22 heavy (non-hydrogen) atoms. The van der Waals surface area contributed by atoms with Crippen LogP contribution in [0.15, 0.2) is 29.5 Å². The average Bonchev–Trinajstić information content (AvgIpc) is 2.77. The molecule has 0 saturated heterocycles. The number of carbonyl (C=O) groups is 2. The Kier molecular flexibility index (Phi) is 4.89. The van der Waals surface area contributed by atoms with Crippen molar-refractivity contribution in [2.75, 3.05) is 26.9 Å². The second kappa shape index (κ2) is 6.85. The van der Waals surface area contributed by atoms with Crippen LogP contribution in [0.5, 0.6) is 0 Å². The molecule has 0 spiro atoms. The lowest BCUT2D eigenvalue weighted by molar-refractivity contribution is -0.705. The van der Waals surface area contributed by atoms with Gasteiger partial charge in [0.2, 0.25) is 12.0 Å². The van der Waals surface area contributed by atoms with Crippen molar-refractivity contribution in [1.29, 1.82) is 0 Å². The minimum atomic E-state index is -0.484. The number of rotatable bonds is 7. The number of benzene rings is 1. The fraction of sp³-hybridized carbons (Fsp3) is 0.385. The molecule has 1 N–H and O–H groups in total. The highest BCUT2D eigenvalue weighted by Gasteiger charge is 2.35. The third-order valence-electron chi connectivity index (χ3n) is 3.12. The molecule has 1 aromatic rings. The zero-order valence-electron chi connectivity index (χ0n) is 12.0. The third-order valence-corrected chi connectivity index (χ3v) is 3.12. The van der Waals surface area contributed by atoms with Gasteiger partial charge in [0.1, 0.15) is 0 Å². The van der Waals surface area contributed by atoms with E-state index in [0.29, 0.717) is 24.1 Å². The van der Waals surface area contributed by atoms with E-state index < -0.39 is 18.5 Å². The summed E-state index contributed by atoms with van der Waals surface area (Å²) in [7, 11) is 1.47. The molecule has 9 nitrogen and oxygen atoms in total. The first kappa shape index (κ1) is 15.7. The van der Waals surface area contributed by atoms with Crippen molar-refractivity contribution in [3.63, 3.8) is 0 Å². The molecule has 1 heterocycles. The van der Waals surface area contributed by atoms with Gasteiger partial charge < -0.3 is 15.2 Å².